The van der Waals surface area contributed by atoms with Gasteiger partial charge in [-0.1, -0.05) is 6.07 Å². The smallest absolute Gasteiger partial charge is 0.291 e. The highest BCUT2D eigenvalue weighted by Crippen LogP contribution is 2.40. The van der Waals surface area contributed by atoms with E-state index in [0.29, 0.717) is 16.4 Å². The summed E-state index contributed by atoms with van der Waals surface area (Å²) in [5.74, 6) is -0.0954. The van der Waals surface area contributed by atoms with E-state index in [1.54, 1.807) is 46.9 Å². The third kappa shape index (κ3) is 3.43. The van der Waals surface area contributed by atoms with E-state index in [0.717, 1.165) is 6.42 Å². The number of nitrogens with zero attached hydrogens (tertiary/aromatic N) is 1. The van der Waals surface area contributed by atoms with Gasteiger partial charge >= 0.3 is 0 Å². The van der Waals surface area contributed by atoms with Crippen molar-refractivity contribution in [2.75, 3.05) is 11.9 Å². The van der Waals surface area contributed by atoms with Crippen LogP contribution in [0.3, 0.4) is 0 Å². The maximum atomic E-state index is 13.4. The molecule has 4 aromatic heterocycles. The van der Waals surface area contributed by atoms with E-state index >= 15 is 0 Å². The van der Waals surface area contributed by atoms with Gasteiger partial charge in [-0.15, -0.1) is 34.0 Å². The third-order valence-electron chi connectivity index (χ3n) is 4.84. The van der Waals surface area contributed by atoms with Crippen LogP contribution in [0.1, 0.15) is 41.6 Å². The minimum absolute atomic E-state index is 0.0104. The van der Waals surface area contributed by atoms with Crippen molar-refractivity contribution in [2.45, 2.75) is 12.5 Å². The predicted octanol–water partition coefficient (Wildman–Crippen LogP) is 5.50. The first-order valence-corrected chi connectivity index (χ1v) is 11.6. The van der Waals surface area contributed by atoms with Crippen LogP contribution in [-0.2, 0) is 6.42 Å². The molecule has 5 heterocycles. The van der Waals surface area contributed by atoms with Crippen molar-refractivity contribution in [2.24, 2.45) is 0 Å². The molecular weight excluding hydrogens is 424 g/mol. The molecule has 1 aliphatic heterocycles. The number of rotatable bonds is 4. The fourth-order valence-electron chi connectivity index (χ4n) is 3.53. The van der Waals surface area contributed by atoms with Gasteiger partial charge < -0.3 is 14.6 Å². The van der Waals surface area contributed by atoms with E-state index in [9.17, 15) is 9.59 Å². The molecule has 5 nitrogen and oxygen atoms in total. The van der Waals surface area contributed by atoms with E-state index < -0.39 is 0 Å². The van der Waals surface area contributed by atoms with Crippen molar-refractivity contribution in [3.05, 3.63) is 85.4 Å². The van der Waals surface area contributed by atoms with E-state index in [-0.39, 0.29) is 23.6 Å². The van der Waals surface area contributed by atoms with Crippen LogP contribution >= 0.6 is 34.0 Å². The summed E-state index contributed by atoms with van der Waals surface area (Å²) in [6.07, 6.45) is 2.33. The molecule has 5 rings (SSSR count). The van der Waals surface area contributed by atoms with Gasteiger partial charge in [-0.2, -0.15) is 0 Å². The molecule has 4 aromatic rings. The molecule has 0 aromatic carbocycles. The molecule has 0 bridgehead atoms. The Morgan fingerprint density at radius 1 is 1.07 bits per heavy atom. The SMILES string of the molecule is O=C(Nc1ccc(C(=O)N2CCc3sccc3C2c2cccs2)s1)c1ccco1. The van der Waals surface area contributed by atoms with Gasteiger partial charge in [0, 0.05) is 16.3 Å². The maximum Gasteiger partial charge on any atom is 0.291 e. The number of amides is 2. The highest BCUT2D eigenvalue weighted by molar-refractivity contribution is 7.18. The van der Waals surface area contributed by atoms with Crippen molar-refractivity contribution in [3.63, 3.8) is 0 Å². The molecule has 2 amide bonds. The summed E-state index contributed by atoms with van der Waals surface area (Å²) in [7, 11) is 0. The molecule has 0 spiro atoms. The average Bonchev–Trinajstić information content (AvgIpc) is 3.54. The fourth-order valence-corrected chi connectivity index (χ4v) is 6.15. The Kier molecular flexibility index (Phi) is 4.83. The van der Waals surface area contributed by atoms with Gasteiger partial charge in [-0.05, 0) is 59.1 Å². The number of hydrogen-bond donors (Lipinski definition) is 1. The molecule has 0 fully saturated rings. The Labute approximate surface area is 179 Å². The molecule has 1 unspecified atom stereocenters. The topological polar surface area (TPSA) is 62.6 Å². The molecule has 8 heteroatoms. The van der Waals surface area contributed by atoms with E-state index in [1.165, 1.54) is 32.9 Å². The lowest BCUT2D eigenvalue weighted by molar-refractivity contribution is 0.0703. The second kappa shape index (κ2) is 7.62. The molecule has 0 saturated heterocycles. The number of anilines is 1. The van der Waals surface area contributed by atoms with E-state index in [4.69, 9.17) is 4.42 Å². The van der Waals surface area contributed by atoms with Crippen LogP contribution in [0.25, 0.3) is 0 Å². The number of thiophene rings is 3. The van der Waals surface area contributed by atoms with Crippen molar-refractivity contribution in [1.82, 2.24) is 4.90 Å². The van der Waals surface area contributed by atoms with Crippen LogP contribution in [0.15, 0.2) is 63.9 Å². The lowest BCUT2D eigenvalue weighted by atomic mass is 9.98. The predicted molar refractivity (Wildman–Crippen MR) is 116 cm³/mol. The zero-order valence-electron chi connectivity index (χ0n) is 15.2. The van der Waals surface area contributed by atoms with Gasteiger partial charge in [0.25, 0.3) is 11.8 Å². The largest absolute Gasteiger partial charge is 0.459 e. The molecule has 1 aliphatic rings. The summed E-state index contributed by atoms with van der Waals surface area (Å²) in [5, 5.41) is 7.56. The Hall–Kier alpha value is -2.68. The quantitative estimate of drug-likeness (QED) is 0.455. The average molecular weight is 441 g/mol. The van der Waals surface area contributed by atoms with Gasteiger partial charge in [0.1, 0.15) is 0 Å². The molecule has 29 heavy (non-hydrogen) atoms. The summed E-state index contributed by atoms with van der Waals surface area (Å²) < 4.78 is 5.12. The zero-order chi connectivity index (χ0) is 19.8. The number of carbonyl (C=O) groups excluding carboxylic acids is 2. The van der Waals surface area contributed by atoms with E-state index in [2.05, 4.69) is 22.8 Å². The first-order chi connectivity index (χ1) is 14.2. The summed E-state index contributed by atoms with van der Waals surface area (Å²) in [5.41, 5.74) is 1.22. The zero-order valence-corrected chi connectivity index (χ0v) is 17.6. The van der Waals surface area contributed by atoms with Crippen molar-refractivity contribution >= 4 is 50.8 Å². The Morgan fingerprint density at radius 2 is 2.00 bits per heavy atom. The van der Waals surface area contributed by atoms with E-state index in [1.807, 2.05) is 16.3 Å². The first-order valence-electron chi connectivity index (χ1n) is 9.06. The van der Waals surface area contributed by atoms with Crippen LogP contribution in [0.4, 0.5) is 5.00 Å². The number of nitrogens with one attached hydrogen (secondary N) is 1. The lowest BCUT2D eigenvalue weighted by Gasteiger charge is -2.35. The maximum absolute atomic E-state index is 13.4. The summed E-state index contributed by atoms with van der Waals surface area (Å²) in [6, 6.07) is 13.0. The Balaban J connectivity index is 1.40. The van der Waals surface area contributed by atoms with Crippen LogP contribution in [0.2, 0.25) is 0 Å². The second-order valence-corrected chi connectivity index (χ2v) is 9.62. The highest BCUT2D eigenvalue weighted by atomic mass is 32.1. The number of furan rings is 1. The molecule has 1 N–H and O–H groups in total. The van der Waals surface area contributed by atoms with Gasteiger partial charge in [0.15, 0.2) is 5.76 Å². The third-order valence-corrected chi connectivity index (χ3v) is 7.75. The lowest BCUT2D eigenvalue weighted by Crippen LogP contribution is -2.39. The van der Waals surface area contributed by atoms with Crippen LogP contribution < -0.4 is 5.32 Å². The molecule has 146 valence electrons. The normalized spacial score (nSPS) is 15.9. The summed E-state index contributed by atoms with van der Waals surface area (Å²) in [6.45, 7) is 0.681. The number of fused-ring (bicyclic) bond motifs is 1. The molecule has 0 saturated carbocycles. The molecular formula is C21H16N2O3S3. The van der Waals surface area contributed by atoms with Gasteiger partial charge in [0.05, 0.1) is 22.2 Å². The Morgan fingerprint density at radius 3 is 2.79 bits per heavy atom. The summed E-state index contributed by atoms with van der Waals surface area (Å²) in [4.78, 5) is 30.6. The van der Waals surface area contributed by atoms with Gasteiger partial charge in [-0.25, -0.2) is 0 Å². The minimum Gasteiger partial charge on any atom is -0.459 e. The molecule has 0 radical (unpaired) electrons. The number of hydrogen-bond acceptors (Lipinski definition) is 6. The Bertz CT molecular complexity index is 1140. The van der Waals surface area contributed by atoms with Gasteiger partial charge in [-0.3, -0.25) is 9.59 Å². The van der Waals surface area contributed by atoms with Crippen molar-refractivity contribution < 1.29 is 14.0 Å². The van der Waals surface area contributed by atoms with Crippen LogP contribution in [0, 0.1) is 0 Å². The molecule has 1 atom stereocenters. The standard InChI is InChI=1S/C21H16N2O3S3/c24-20(14-3-1-10-26-14)22-18-6-5-17(29-18)21(25)23-9-7-15-13(8-12-28-15)19(23)16-4-2-11-27-16/h1-6,8,10-12,19H,7,9H2,(H,22,24). The fraction of sp³-hybridized carbons (Fsp3) is 0.143. The first kappa shape index (κ1) is 18.4. The van der Waals surface area contributed by atoms with Crippen molar-refractivity contribution in [3.8, 4) is 0 Å². The molecule has 0 aliphatic carbocycles. The van der Waals surface area contributed by atoms with Crippen molar-refractivity contribution in [1.29, 1.82) is 0 Å². The van der Waals surface area contributed by atoms with Gasteiger partial charge in [0.2, 0.25) is 0 Å². The summed E-state index contributed by atoms with van der Waals surface area (Å²) >= 11 is 4.71. The highest BCUT2D eigenvalue weighted by Gasteiger charge is 2.34. The minimum atomic E-state index is -0.326. The van der Waals surface area contributed by atoms with Crippen LogP contribution in [-0.4, -0.2) is 23.3 Å². The second-order valence-electron chi connectivity index (χ2n) is 6.56. The number of carbonyl (C=O) groups is 2. The van der Waals surface area contributed by atoms with Crippen LogP contribution in [0.5, 0.6) is 0 Å². The monoisotopic (exact) mass is 440 g/mol.